The maximum Gasteiger partial charge on any atom is 0.328 e. The van der Waals surface area contributed by atoms with Crippen LogP contribution in [0.3, 0.4) is 0 Å². The van der Waals surface area contributed by atoms with Crippen LogP contribution in [0.5, 0.6) is 0 Å². The van der Waals surface area contributed by atoms with Crippen LogP contribution in [-0.4, -0.2) is 21.3 Å². The van der Waals surface area contributed by atoms with Crippen molar-refractivity contribution in [1.82, 2.24) is 10.2 Å². The Bertz CT molecular complexity index is 500. The zero-order chi connectivity index (χ0) is 9.97. The zero-order valence-electron chi connectivity index (χ0n) is 7.27. The quantitative estimate of drug-likeness (QED) is 0.704. The molecule has 0 radical (unpaired) electrons. The van der Waals surface area contributed by atoms with Crippen molar-refractivity contribution in [3.63, 3.8) is 0 Å². The number of benzene rings is 1. The second kappa shape index (κ2) is 3.33. The summed E-state index contributed by atoms with van der Waals surface area (Å²) >= 11 is 0. The van der Waals surface area contributed by atoms with E-state index in [1.54, 1.807) is 12.3 Å². The maximum absolute atomic E-state index is 10.3. The van der Waals surface area contributed by atoms with E-state index < -0.39 is 5.97 Å². The first-order valence-corrected chi connectivity index (χ1v) is 4.10. The predicted molar refractivity (Wildman–Crippen MR) is 52.8 cm³/mol. The number of H-pyrrole nitrogens is 1. The molecule has 0 bridgehead atoms. The van der Waals surface area contributed by atoms with Crippen LogP contribution in [-0.2, 0) is 4.79 Å². The average Bonchev–Trinajstić information content (AvgIpc) is 2.61. The second-order valence-electron chi connectivity index (χ2n) is 2.89. The standard InChI is InChI=1S/C10H8N2O2/c13-10(14)4-2-7-1-3-9-8(5-7)6-11-12-9/h1-6H,(H,11,12)(H,13,14). The molecular weight excluding hydrogens is 180 g/mol. The van der Waals surface area contributed by atoms with Crippen LogP contribution in [0, 0.1) is 0 Å². The van der Waals surface area contributed by atoms with E-state index in [1.165, 1.54) is 0 Å². The highest BCUT2D eigenvalue weighted by atomic mass is 16.4. The molecule has 0 saturated carbocycles. The molecule has 0 amide bonds. The lowest BCUT2D eigenvalue weighted by molar-refractivity contribution is -0.131. The van der Waals surface area contributed by atoms with E-state index in [0.717, 1.165) is 22.5 Å². The number of fused-ring (bicyclic) bond motifs is 1. The molecule has 0 unspecified atom stereocenters. The molecule has 0 aliphatic carbocycles. The molecule has 0 aliphatic rings. The van der Waals surface area contributed by atoms with E-state index in [0.29, 0.717) is 0 Å². The molecule has 70 valence electrons. The topological polar surface area (TPSA) is 66.0 Å². The van der Waals surface area contributed by atoms with E-state index >= 15 is 0 Å². The highest BCUT2D eigenvalue weighted by Crippen LogP contribution is 2.13. The number of aromatic amines is 1. The van der Waals surface area contributed by atoms with Gasteiger partial charge in [0.05, 0.1) is 11.7 Å². The first kappa shape index (κ1) is 8.50. The lowest BCUT2D eigenvalue weighted by atomic mass is 10.1. The van der Waals surface area contributed by atoms with Crippen molar-refractivity contribution in [2.24, 2.45) is 0 Å². The minimum absolute atomic E-state index is 0.848. The highest BCUT2D eigenvalue weighted by Gasteiger charge is 1.95. The van der Waals surface area contributed by atoms with Gasteiger partial charge in [-0.2, -0.15) is 5.10 Å². The molecule has 2 rings (SSSR count). The number of hydrogen-bond acceptors (Lipinski definition) is 2. The van der Waals surface area contributed by atoms with Crippen LogP contribution in [0.2, 0.25) is 0 Å². The fourth-order valence-corrected chi connectivity index (χ4v) is 1.23. The van der Waals surface area contributed by atoms with E-state index in [4.69, 9.17) is 5.11 Å². The van der Waals surface area contributed by atoms with Crippen LogP contribution in [0.4, 0.5) is 0 Å². The number of rotatable bonds is 2. The van der Waals surface area contributed by atoms with Gasteiger partial charge in [0.1, 0.15) is 0 Å². The van der Waals surface area contributed by atoms with Crippen molar-refractivity contribution in [2.45, 2.75) is 0 Å². The summed E-state index contributed by atoms with van der Waals surface area (Å²) in [6.07, 6.45) is 4.36. The number of nitrogens with zero attached hydrogens (tertiary/aromatic N) is 1. The Labute approximate surface area is 79.9 Å². The molecule has 1 aromatic heterocycles. The Kier molecular flexibility index (Phi) is 2.02. The summed E-state index contributed by atoms with van der Waals surface area (Å²) in [5, 5.41) is 16.1. The normalized spacial score (nSPS) is 11.1. The molecule has 0 aliphatic heterocycles. The third-order valence-electron chi connectivity index (χ3n) is 1.88. The second-order valence-corrected chi connectivity index (χ2v) is 2.89. The average molecular weight is 188 g/mol. The van der Waals surface area contributed by atoms with Crippen LogP contribution in [0.15, 0.2) is 30.5 Å². The fraction of sp³-hybridized carbons (Fsp3) is 0. The Hall–Kier alpha value is -2.10. The molecule has 2 aromatic rings. The zero-order valence-corrected chi connectivity index (χ0v) is 7.27. The number of aromatic nitrogens is 2. The molecule has 1 heterocycles. The van der Waals surface area contributed by atoms with Gasteiger partial charge in [-0.1, -0.05) is 6.07 Å². The molecule has 14 heavy (non-hydrogen) atoms. The van der Waals surface area contributed by atoms with Gasteiger partial charge in [0.15, 0.2) is 0 Å². The van der Waals surface area contributed by atoms with Crippen molar-refractivity contribution >= 4 is 22.9 Å². The molecular formula is C10H8N2O2. The van der Waals surface area contributed by atoms with Crippen LogP contribution >= 0.6 is 0 Å². The number of nitrogens with one attached hydrogen (secondary N) is 1. The van der Waals surface area contributed by atoms with Crippen molar-refractivity contribution in [3.8, 4) is 0 Å². The summed E-state index contributed by atoms with van der Waals surface area (Å²) in [5.41, 5.74) is 1.79. The van der Waals surface area contributed by atoms with Gasteiger partial charge in [-0.3, -0.25) is 5.10 Å². The summed E-state index contributed by atoms with van der Waals surface area (Å²) in [6, 6.07) is 5.57. The van der Waals surface area contributed by atoms with Gasteiger partial charge in [0.2, 0.25) is 0 Å². The van der Waals surface area contributed by atoms with Crippen LogP contribution in [0.25, 0.3) is 17.0 Å². The molecule has 0 atom stereocenters. The van der Waals surface area contributed by atoms with Crippen LogP contribution < -0.4 is 0 Å². The van der Waals surface area contributed by atoms with Gasteiger partial charge in [-0.25, -0.2) is 4.79 Å². The molecule has 0 fully saturated rings. The Balaban J connectivity index is 2.39. The SMILES string of the molecule is O=C(O)C=Cc1ccc2[nH]ncc2c1. The summed E-state index contributed by atoms with van der Waals surface area (Å²) in [7, 11) is 0. The lowest BCUT2D eigenvalue weighted by Crippen LogP contribution is -1.85. The first-order valence-electron chi connectivity index (χ1n) is 4.10. The molecule has 1 aromatic carbocycles. The first-order chi connectivity index (χ1) is 6.75. The monoisotopic (exact) mass is 188 g/mol. The Morgan fingerprint density at radius 3 is 3.14 bits per heavy atom. The molecule has 4 heteroatoms. The molecule has 0 spiro atoms. The van der Waals surface area contributed by atoms with E-state index in [-0.39, 0.29) is 0 Å². The van der Waals surface area contributed by atoms with E-state index in [2.05, 4.69) is 10.2 Å². The van der Waals surface area contributed by atoms with Gasteiger partial charge in [-0.15, -0.1) is 0 Å². The van der Waals surface area contributed by atoms with Crippen molar-refractivity contribution < 1.29 is 9.90 Å². The van der Waals surface area contributed by atoms with Crippen LogP contribution in [0.1, 0.15) is 5.56 Å². The highest BCUT2D eigenvalue weighted by molar-refractivity contribution is 5.87. The Morgan fingerprint density at radius 2 is 2.36 bits per heavy atom. The summed E-state index contributed by atoms with van der Waals surface area (Å²) in [4.78, 5) is 10.3. The summed E-state index contributed by atoms with van der Waals surface area (Å²) in [6.45, 7) is 0. The van der Waals surface area contributed by atoms with E-state index in [9.17, 15) is 4.79 Å². The van der Waals surface area contributed by atoms with Crippen molar-refractivity contribution in [2.75, 3.05) is 0 Å². The smallest absolute Gasteiger partial charge is 0.328 e. The number of hydrogen-bond donors (Lipinski definition) is 2. The lowest BCUT2D eigenvalue weighted by Gasteiger charge is -1.92. The largest absolute Gasteiger partial charge is 0.478 e. The number of carbonyl (C=O) groups is 1. The Morgan fingerprint density at radius 1 is 1.50 bits per heavy atom. The van der Waals surface area contributed by atoms with E-state index in [1.807, 2.05) is 18.2 Å². The molecule has 0 saturated heterocycles. The summed E-state index contributed by atoms with van der Waals surface area (Å²) < 4.78 is 0. The fourth-order valence-electron chi connectivity index (χ4n) is 1.23. The third-order valence-corrected chi connectivity index (χ3v) is 1.88. The maximum atomic E-state index is 10.3. The van der Waals surface area contributed by atoms with Gasteiger partial charge in [0.25, 0.3) is 0 Å². The summed E-state index contributed by atoms with van der Waals surface area (Å²) in [5.74, 6) is -0.947. The van der Waals surface area contributed by atoms with Crippen molar-refractivity contribution in [1.29, 1.82) is 0 Å². The van der Waals surface area contributed by atoms with Crippen molar-refractivity contribution in [3.05, 3.63) is 36.0 Å². The predicted octanol–water partition coefficient (Wildman–Crippen LogP) is 1.66. The number of aliphatic carboxylic acids is 1. The number of carboxylic acids is 1. The van der Waals surface area contributed by atoms with Gasteiger partial charge >= 0.3 is 5.97 Å². The molecule has 2 N–H and O–H groups in total. The van der Waals surface area contributed by atoms with Gasteiger partial charge < -0.3 is 5.11 Å². The van der Waals surface area contributed by atoms with Gasteiger partial charge in [0, 0.05) is 11.5 Å². The minimum Gasteiger partial charge on any atom is -0.478 e. The number of carboxylic acid groups (broad SMARTS) is 1. The van der Waals surface area contributed by atoms with Gasteiger partial charge in [-0.05, 0) is 23.8 Å². The minimum atomic E-state index is -0.947. The third kappa shape index (κ3) is 1.64. The molecule has 4 nitrogen and oxygen atoms in total.